The zero-order valence-corrected chi connectivity index (χ0v) is 15.0. The average molecular weight is 377 g/mol. The lowest BCUT2D eigenvalue weighted by Gasteiger charge is -2.16. The van der Waals surface area contributed by atoms with E-state index < -0.39 is 11.8 Å². The van der Waals surface area contributed by atoms with Gasteiger partial charge in [-0.1, -0.05) is 29.3 Å². The first-order chi connectivity index (χ1) is 11.9. The molecule has 1 N–H and O–H groups in total. The van der Waals surface area contributed by atoms with Gasteiger partial charge in [0.25, 0.3) is 11.8 Å². The first kappa shape index (κ1) is 17.3. The van der Waals surface area contributed by atoms with E-state index in [-0.39, 0.29) is 10.7 Å². The molecule has 1 aliphatic rings. The Morgan fingerprint density at radius 1 is 1.00 bits per heavy atom. The number of nitrogens with zero attached hydrogens (tertiary/aromatic N) is 1. The summed E-state index contributed by atoms with van der Waals surface area (Å²) in [6.45, 7) is 1.91. The number of amides is 2. The molecule has 0 aromatic heterocycles. The third-order valence-electron chi connectivity index (χ3n) is 3.73. The van der Waals surface area contributed by atoms with Crippen molar-refractivity contribution in [3.05, 3.63) is 63.8 Å². The summed E-state index contributed by atoms with van der Waals surface area (Å²) in [4.78, 5) is 26.2. The van der Waals surface area contributed by atoms with Gasteiger partial charge in [0.05, 0.1) is 18.5 Å². The van der Waals surface area contributed by atoms with Gasteiger partial charge in [0.15, 0.2) is 0 Å². The van der Waals surface area contributed by atoms with Crippen molar-refractivity contribution in [2.75, 3.05) is 17.3 Å². The number of imide groups is 1. The van der Waals surface area contributed by atoms with Crippen LogP contribution in [0.15, 0.2) is 53.2 Å². The van der Waals surface area contributed by atoms with E-state index in [2.05, 4.69) is 5.32 Å². The molecule has 0 fully saturated rings. The normalized spacial score (nSPS) is 14.3. The van der Waals surface area contributed by atoms with Crippen molar-refractivity contribution in [3.63, 3.8) is 0 Å². The molecule has 0 atom stereocenters. The van der Waals surface area contributed by atoms with Gasteiger partial charge in [0, 0.05) is 5.02 Å². The summed E-state index contributed by atoms with van der Waals surface area (Å²) in [5.74, 6) is -0.600. The highest BCUT2D eigenvalue weighted by Gasteiger charge is 2.39. The van der Waals surface area contributed by atoms with Gasteiger partial charge in [-0.25, -0.2) is 4.90 Å². The maximum Gasteiger partial charge on any atom is 0.283 e. The number of benzene rings is 2. The number of nitrogens with one attached hydrogen (secondary N) is 1. The van der Waals surface area contributed by atoms with Crippen molar-refractivity contribution in [1.29, 1.82) is 0 Å². The Labute approximate surface area is 154 Å². The Morgan fingerprint density at radius 2 is 1.68 bits per heavy atom. The van der Waals surface area contributed by atoms with E-state index in [1.54, 1.807) is 36.4 Å². The second-order valence-electron chi connectivity index (χ2n) is 5.44. The van der Waals surface area contributed by atoms with Gasteiger partial charge >= 0.3 is 0 Å². The van der Waals surface area contributed by atoms with Crippen LogP contribution in [0.4, 0.5) is 11.4 Å². The molecule has 0 spiro atoms. The highest BCUT2D eigenvalue weighted by Crippen LogP contribution is 2.33. The van der Waals surface area contributed by atoms with Crippen molar-refractivity contribution < 1.29 is 14.3 Å². The Bertz CT molecular complexity index is 892. The number of hydrogen-bond donors (Lipinski definition) is 1. The monoisotopic (exact) mass is 376 g/mol. The topological polar surface area (TPSA) is 58.6 Å². The van der Waals surface area contributed by atoms with Gasteiger partial charge in [-0.3, -0.25) is 9.59 Å². The van der Waals surface area contributed by atoms with Crippen molar-refractivity contribution >= 4 is 46.4 Å². The van der Waals surface area contributed by atoms with Crippen molar-refractivity contribution in [2.24, 2.45) is 0 Å². The van der Waals surface area contributed by atoms with Crippen LogP contribution in [0.2, 0.25) is 5.02 Å². The highest BCUT2D eigenvalue weighted by atomic mass is 35.5. The summed E-state index contributed by atoms with van der Waals surface area (Å²) >= 11 is 12.0. The molecule has 0 saturated carbocycles. The van der Waals surface area contributed by atoms with Crippen LogP contribution >= 0.6 is 23.2 Å². The number of halogens is 2. The first-order valence-corrected chi connectivity index (χ1v) is 8.13. The van der Waals surface area contributed by atoms with E-state index in [9.17, 15) is 9.59 Å². The van der Waals surface area contributed by atoms with Crippen LogP contribution < -0.4 is 15.0 Å². The number of carbonyl (C=O) groups is 2. The summed E-state index contributed by atoms with van der Waals surface area (Å²) in [5, 5.41) is 3.25. The quantitative estimate of drug-likeness (QED) is 0.816. The van der Waals surface area contributed by atoms with Crippen LogP contribution in [0.25, 0.3) is 0 Å². The van der Waals surface area contributed by atoms with E-state index >= 15 is 0 Å². The minimum Gasteiger partial charge on any atom is -0.495 e. The number of ether oxygens (including phenoxy) is 1. The summed E-state index contributed by atoms with van der Waals surface area (Å²) in [5.41, 5.74) is 1.91. The predicted molar refractivity (Wildman–Crippen MR) is 98.2 cm³/mol. The van der Waals surface area contributed by atoms with Gasteiger partial charge in [-0.2, -0.15) is 0 Å². The fourth-order valence-corrected chi connectivity index (χ4v) is 2.83. The molecule has 0 unspecified atom stereocenters. The Kier molecular flexibility index (Phi) is 4.70. The fourth-order valence-electron chi connectivity index (χ4n) is 2.49. The SMILES string of the molecule is COc1ccc(C)cc1NC1=C(Cl)C(=O)N(c2ccc(Cl)cc2)C1=O. The smallest absolute Gasteiger partial charge is 0.283 e. The minimum absolute atomic E-state index is 0.00511. The third-order valence-corrected chi connectivity index (χ3v) is 4.33. The summed E-state index contributed by atoms with van der Waals surface area (Å²) in [7, 11) is 1.52. The second-order valence-corrected chi connectivity index (χ2v) is 6.25. The number of carbonyl (C=O) groups excluding carboxylic acids is 2. The molecule has 128 valence electrons. The zero-order chi connectivity index (χ0) is 18.1. The van der Waals surface area contributed by atoms with Crippen LogP contribution in [-0.2, 0) is 9.59 Å². The standard InChI is InChI=1S/C18H14Cl2N2O3/c1-10-3-8-14(25-2)13(9-10)21-16-15(20)17(23)22(18(16)24)12-6-4-11(19)5-7-12/h3-9,21H,1-2H3. The second kappa shape index (κ2) is 6.78. The molecule has 0 radical (unpaired) electrons. The Morgan fingerprint density at radius 3 is 2.32 bits per heavy atom. The molecule has 0 bridgehead atoms. The number of rotatable bonds is 4. The maximum absolute atomic E-state index is 12.7. The van der Waals surface area contributed by atoms with Crippen LogP contribution in [0.5, 0.6) is 5.75 Å². The van der Waals surface area contributed by atoms with Gasteiger partial charge in [0.1, 0.15) is 16.5 Å². The molecule has 3 rings (SSSR count). The molecule has 5 nitrogen and oxygen atoms in total. The Balaban J connectivity index is 1.95. The summed E-state index contributed by atoms with van der Waals surface area (Å²) < 4.78 is 5.28. The molecular formula is C18H14Cl2N2O3. The largest absolute Gasteiger partial charge is 0.495 e. The summed E-state index contributed by atoms with van der Waals surface area (Å²) in [6, 6.07) is 11.8. The van der Waals surface area contributed by atoms with E-state index in [4.69, 9.17) is 27.9 Å². The number of anilines is 2. The molecule has 2 aromatic carbocycles. The van der Waals surface area contributed by atoms with E-state index in [0.29, 0.717) is 22.1 Å². The van der Waals surface area contributed by atoms with Crippen LogP contribution in [0, 0.1) is 6.92 Å². The minimum atomic E-state index is -0.594. The molecule has 1 heterocycles. The molecule has 7 heteroatoms. The summed E-state index contributed by atoms with van der Waals surface area (Å²) in [6.07, 6.45) is 0. The molecule has 0 aliphatic carbocycles. The van der Waals surface area contributed by atoms with Gasteiger partial charge in [0.2, 0.25) is 0 Å². The Hall–Kier alpha value is -2.50. The molecule has 25 heavy (non-hydrogen) atoms. The maximum atomic E-state index is 12.7. The van der Waals surface area contributed by atoms with Crippen LogP contribution in [0.1, 0.15) is 5.56 Å². The van der Waals surface area contributed by atoms with E-state index in [1.165, 1.54) is 7.11 Å². The highest BCUT2D eigenvalue weighted by molar-refractivity contribution is 6.53. The van der Waals surface area contributed by atoms with Crippen LogP contribution in [0.3, 0.4) is 0 Å². The molecule has 1 aliphatic heterocycles. The van der Waals surface area contributed by atoms with E-state index in [0.717, 1.165) is 10.5 Å². The molecular weight excluding hydrogens is 363 g/mol. The third kappa shape index (κ3) is 3.21. The van der Waals surface area contributed by atoms with Gasteiger partial charge in [-0.05, 0) is 48.9 Å². The first-order valence-electron chi connectivity index (χ1n) is 7.38. The fraction of sp³-hybridized carbons (Fsp3) is 0.111. The molecule has 2 amide bonds. The number of methoxy groups -OCH3 is 1. The van der Waals surface area contributed by atoms with Crippen molar-refractivity contribution in [1.82, 2.24) is 0 Å². The molecule has 2 aromatic rings. The lowest BCUT2D eigenvalue weighted by molar-refractivity contribution is -0.120. The number of aryl methyl sites for hydroxylation is 1. The zero-order valence-electron chi connectivity index (χ0n) is 13.5. The van der Waals surface area contributed by atoms with Crippen molar-refractivity contribution in [3.8, 4) is 5.75 Å². The van der Waals surface area contributed by atoms with Gasteiger partial charge in [-0.15, -0.1) is 0 Å². The van der Waals surface area contributed by atoms with Gasteiger partial charge < -0.3 is 10.1 Å². The lowest BCUT2D eigenvalue weighted by Crippen LogP contribution is -2.32. The van der Waals surface area contributed by atoms with E-state index in [1.807, 2.05) is 13.0 Å². The number of hydrogen-bond acceptors (Lipinski definition) is 4. The van der Waals surface area contributed by atoms with Crippen LogP contribution in [-0.4, -0.2) is 18.9 Å². The average Bonchev–Trinajstić information content (AvgIpc) is 2.80. The molecule has 0 saturated heterocycles. The van der Waals surface area contributed by atoms with Crippen molar-refractivity contribution in [2.45, 2.75) is 6.92 Å². The lowest BCUT2D eigenvalue weighted by atomic mass is 10.2. The predicted octanol–water partition coefficient (Wildman–Crippen LogP) is 4.09.